The van der Waals surface area contributed by atoms with Gasteiger partial charge < -0.3 is 9.26 Å². The number of rotatable bonds is 3. The van der Waals surface area contributed by atoms with Crippen molar-refractivity contribution in [2.45, 2.75) is 13.1 Å². The molecule has 0 unspecified atom stereocenters. The topological polar surface area (TPSA) is 51.4 Å². The molecular formula is C18H17N3O2. The molecule has 0 saturated heterocycles. The van der Waals surface area contributed by atoms with Gasteiger partial charge in [0.05, 0.1) is 6.54 Å². The van der Waals surface area contributed by atoms with Crippen molar-refractivity contribution in [1.82, 2.24) is 15.0 Å². The second-order valence-electron chi connectivity index (χ2n) is 5.58. The van der Waals surface area contributed by atoms with Crippen molar-refractivity contribution in [3.8, 4) is 17.0 Å². The molecule has 2 aromatic heterocycles. The van der Waals surface area contributed by atoms with Gasteiger partial charge in [-0.3, -0.25) is 9.88 Å². The fourth-order valence-electron chi connectivity index (χ4n) is 2.78. The van der Waals surface area contributed by atoms with Crippen LogP contribution >= 0.6 is 0 Å². The Morgan fingerprint density at radius 3 is 2.87 bits per heavy atom. The molecule has 1 aliphatic rings. The Kier molecular flexibility index (Phi) is 3.78. The van der Waals surface area contributed by atoms with Gasteiger partial charge in [-0.15, -0.1) is 0 Å². The van der Waals surface area contributed by atoms with Crippen LogP contribution in [0.2, 0.25) is 0 Å². The maximum Gasteiger partial charge on any atom is 0.151 e. The second-order valence-corrected chi connectivity index (χ2v) is 5.58. The average molecular weight is 307 g/mol. The third-order valence-corrected chi connectivity index (χ3v) is 3.95. The molecule has 0 atom stereocenters. The lowest BCUT2D eigenvalue weighted by atomic mass is 10.2. The van der Waals surface area contributed by atoms with E-state index in [4.69, 9.17) is 9.26 Å². The molecule has 116 valence electrons. The zero-order valence-corrected chi connectivity index (χ0v) is 12.7. The van der Waals surface area contributed by atoms with Crippen molar-refractivity contribution in [2.75, 3.05) is 13.2 Å². The molecule has 5 heteroatoms. The Morgan fingerprint density at radius 1 is 1.09 bits per heavy atom. The van der Waals surface area contributed by atoms with Gasteiger partial charge in [-0.05, 0) is 18.2 Å². The van der Waals surface area contributed by atoms with Crippen molar-refractivity contribution >= 4 is 0 Å². The minimum Gasteiger partial charge on any atom is -0.492 e. The largest absolute Gasteiger partial charge is 0.492 e. The highest BCUT2D eigenvalue weighted by Gasteiger charge is 2.17. The Balaban J connectivity index is 1.49. The van der Waals surface area contributed by atoms with Crippen molar-refractivity contribution in [3.05, 3.63) is 66.2 Å². The molecule has 0 bridgehead atoms. The third kappa shape index (κ3) is 3.10. The monoisotopic (exact) mass is 307 g/mol. The highest BCUT2D eigenvalue weighted by atomic mass is 16.5. The standard InChI is InChI=1S/C18H17N3O2/c1-2-4-18-15(3-1)12-21(9-10-22-18)13-16-11-17(20-23-16)14-5-7-19-8-6-14/h1-8,11H,9-10,12-13H2. The quantitative estimate of drug-likeness (QED) is 0.744. The van der Waals surface area contributed by atoms with Crippen LogP contribution < -0.4 is 4.74 Å². The molecule has 4 rings (SSSR count). The normalized spacial score (nSPS) is 14.8. The van der Waals surface area contributed by atoms with Crippen LogP contribution in [0.25, 0.3) is 11.3 Å². The number of para-hydroxylation sites is 1. The molecule has 5 nitrogen and oxygen atoms in total. The third-order valence-electron chi connectivity index (χ3n) is 3.95. The number of fused-ring (bicyclic) bond motifs is 1. The van der Waals surface area contributed by atoms with E-state index >= 15 is 0 Å². The van der Waals surface area contributed by atoms with Crippen LogP contribution in [0.15, 0.2) is 59.4 Å². The summed E-state index contributed by atoms with van der Waals surface area (Å²) in [7, 11) is 0. The predicted molar refractivity (Wildman–Crippen MR) is 85.8 cm³/mol. The fourth-order valence-corrected chi connectivity index (χ4v) is 2.78. The molecule has 0 saturated carbocycles. The summed E-state index contributed by atoms with van der Waals surface area (Å²) in [5, 5.41) is 4.16. The predicted octanol–water partition coefficient (Wildman–Crippen LogP) is 3.13. The highest BCUT2D eigenvalue weighted by Crippen LogP contribution is 2.24. The zero-order valence-electron chi connectivity index (χ0n) is 12.7. The number of aromatic nitrogens is 2. The molecule has 0 amide bonds. The number of nitrogens with zero attached hydrogens (tertiary/aromatic N) is 3. The van der Waals surface area contributed by atoms with E-state index in [1.165, 1.54) is 5.56 Å². The molecule has 23 heavy (non-hydrogen) atoms. The molecule has 1 aliphatic heterocycles. The average Bonchev–Trinajstić information content (AvgIpc) is 2.96. The van der Waals surface area contributed by atoms with Crippen LogP contribution in [-0.2, 0) is 13.1 Å². The van der Waals surface area contributed by atoms with Crippen molar-refractivity contribution in [1.29, 1.82) is 0 Å². The number of hydrogen-bond donors (Lipinski definition) is 0. The van der Waals surface area contributed by atoms with Gasteiger partial charge >= 0.3 is 0 Å². The van der Waals surface area contributed by atoms with E-state index in [0.29, 0.717) is 6.61 Å². The molecule has 0 spiro atoms. The van der Waals surface area contributed by atoms with Gasteiger partial charge in [-0.25, -0.2) is 0 Å². The fraction of sp³-hybridized carbons (Fsp3) is 0.222. The first-order chi connectivity index (χ1) is 11.4. The summed E-state index contributed by atoms with van der Waals surface area (Å²) in [6.07, 6.45) is 3.51. The molecule has 0 radical (unpaired) electrons. The number of pyridine rings is 1. The molecular weight excluding hydrogens is 290 g/mol. The Morgan fingerprint density at radius 2 is 1.96 bits per heavy atom. The Labute approximate surface area is 134 Å². The van der Waals surface area contributed by atoms with E-state index in [2.05, 4.69) is 21.1 Å². The van der Waals surface area contributed by atoms with Gasteiger partial charge in [0.15, 0.2) is 5.76 Å². The van der Waals surface area contributed by atoms with Crippen LogP contribution in [-0.4, -0.2) is 28.2 Å². The number of ether oxygens (including phenoxy) is 1. The van der Waals surface area contributed by atoms with Crippen molar-refractivity contribution in [3.63, 3.8) is 0 Å². The molecule has 0 aliphatic carbocycles. The van der Waals surface area contributed by atoms with Crippen LogP contribution in [0.1, 0.15) is 11.3 Å². The van der Waals surface area contributed by atoms with Crippen molar-refractivity contribution in [2.24, 2.45) is 0 Å². The first kappa shape index (κ1) is 14.0. The first-order valence-corrected chi connectivity index (χ1v) is 7.67. The Bertz CT molecular complexity index is 786. The van der Waals surface area contributed by atoms with E-state index < -0.39 is 0 Å². The first-order valence-electron chi connectivity index (χ1n) is 7.67. The van der Waals surface area contributed by atoms with Gasteiger partial charge in [0, 0.05) is 42.7 Å². The molecule has 0 N–H and O–H groups in total. The smallest absolute Gasteiger partial charge is 0.151 e. The maximum absolute atomic E-state index is 5.80. The van der Waals surface area contributed by atoms with Crippen LogP contribution in [0, 0.1) is 0 Å². The summed E-state index contributed by atoms with van der Waals surface area (Å²) in [5.41, 5.74) is 3.06. The minimum atomic E-state index is 0.683. The van der Waals surface area contributed by atoms with E-state index in [0.717, 1.165) is 42.4 Å². The van der Waals surface area contributed by atoms with Crippen molar-refractivity contribution < 1.29 is 9.26 Å². The van der Waals surface area contributed by atoms with E-state index in [1.807, 2.05) is 36.4 Å². The zero-order chi connectivity index (χ0) is 15.5. The summed E-state index contributed by atoms with van der Waals surface area (Å²) < 4.78 is 11.3. The SMILES string of the molecule is c1ccc2c(c1)CN(Cc1cc(-c3ccncc3)no1)CCO2. The molecule has 0 fully saturated rings. The molecule has 1 aromatic carbocycles. The van der Waals surface area contributed by atoms with Gasteiger partial charge in [0.2, 0.25) is 0 Å². The van der Waals surface area contributed by atoms with Crippen LogP contribution in [0.5, 0.6) is 5.75 Å². The Hall–Kier alpha value is -2.66. The maximum atomic E-state index is 5.80. The summed E-state index contributed by atoms with van der Waals surface area (Å²) in [6, 6.07) is 14.0. The lowest BCUT2D eigenvalue weighted by Crippen LogP contribution is -2.25. The minimum absolute atomic E-state index is 0.683. The van der Waals surface area contributed by atoms with Gasteiger partial charge in [0.1, 0.15) is 18.1 Å². The van der Waals surface area contributed by atoms with Gasteiger partial charge in [0.25, 0.3) is 0 Å². The lowest BCUT2D eigenvalue weighted by Gasteiger charge is -2.17. The van der Waals surface area contributed by atoms with E-state index in [9.17, 15) is 0 Å². The second kappa shape index (κ2) is 6.22. The summed E-state index contributed by atoms with van der Waals surface area (Å²) in [4.78, 5) is 6.33. The van der Waals surface area contributed by atoms with Crippen LogP contribution in [0.4, 0.5) is 0 Å². The van der Waals surface area contributed by atoms with Gasteiger partial charge in [-0.1, -0.05) is 23.4 Å². The van der Waals surface area contributed by atoms with Gasteiger partial charge in [-0.2, -0.15) is 0 Å². The number of hydrogen-bond acceptors (Lipinski definition) is 5. The summed E-state index contributed by atoms with van der Waals surface area (Å²) in [5.74, 6) is 1.83. The highest BCUT2D eigenvalue weighted by molar-refractivity contribution is 5.57. The lowest BCUT2D eigenvalue weighted by molar-refractivity contribution is 0.199. The summed E-state index contributed by atoms with van der Waals surface area (Å²) in [6.45, 7) is 3.11. The summed E-state index contributed by atoms with van der Waals surface area (Å²) >= 11 is 0. The van der Waals surface area contributed by atoms with E-state index in [1.54, 1.807) is 12.4 Å². The molecule has 3 aromatic rings. The van der Waals surface area contributed by atoms with E-state index in [-0.39, 0.29) is 0 Å². The number of benzene rings is 1. The molecule has 3 heterocycles. The van der Waals surface area contributed by atoms with Crippen LogP contribution in [0.3, 0.4) is 0 Å².